The molecule has 0 aliphatic carbocycles. The largest absolute Gasteiger partial charge is 0.349 e. The van der Waals surface area contributed by atoms with E-state index in [1.165, 1.54) is 11.3 Å². The van der Waals surface area contributed by atoms with Crippen LogP contribution in [0.2, 0.25) is 0 Å². The number of nitrogens with zero attached hydrogens (tertiary/aromatic N) is 3. The summed E-state index contributed by atoms with van der Waals surface area (Å²) in [5.74, 6) is 0.954. The van der Waals surface area contributed by atoms with Crippen molar-refractivity contribution < 1.29 is 4.79 Å². The van der Waals surface area contributed by atoms with Crippen LogP contribution in [0.4, 0.5) is 0 Å². The Morgan fingerprint density at radius 2 is 2.03 bits per heavy atom. The summed E-state index contributed by atoms with van der Waals surface area (Å²) >= 11 is 3.05. The highest BCUT2D eigenvalue weighted by atomic mass is 32.2. The van der Waals surface area contributed by atoms with Gasteiger partial charge in [-0.3, -0.25) is 14.2 Å². The first-order valence-corrected chi connectivity index (χ1v) is 11.3. The number of allylic oxidation sites excluding steroid dienone is 1. The Bertz CT molecular complexity index is 1060. The maximum absolute atomic E-state index is 13.1. The summed E-state index contributed by atoms with van der Waals surface area (Å²) in [7, 11) is 3.55. The zero-order valence-electron chi connectivity index (χ0n) is 16.8. The van der Waals surface area contributed by atoms with Gasteiger partial charge in [-0.15, -0.1) is 17.9 Å². The van der Waals surface area contributed by atoms with Crippen LogP contribution in [0, 0.1) is 0 Å². The van der Waals surface area contributed by atoms with Crippen molar-refractivity contribution in [3.05, 3.63) is 59.4 Å². The van der Waals surface area contributed by atoms with E-state index in [1.54, 1.807) is 41.4 Å². The molecule has 0 saturated heterocycles. The lowest BCUT2D eigenvalue weighted by molar-refractivity contribution is -0.128. The van der Waals surface area contributed by atoms with Crippen molar-refractivity contribution in [3.8, 4) is 10.4 Å². The van der Waals surface area contributed by atoms with Crippen molar-refractivity contribution in [1.82, 2.24) is 14.5 Å². The molecule has 2 heterocycles. The van der Waals surface area contributed by atoms with Crippen molar-refractivity contribution in [2.45, 2.75) is 31.0 Å². The number of aromatic nitrogens is 2. The molecule has 2 aromatic heterocycles. The minimum Gasteiger partial charge on any atom is -0.349 e. The van der Waals surface area contributed by atoms with E-state index in [0.717, 1.165) is 34.6 Å². The lowest BCUT2D eigenvalue weighted by atomic mass is 10.2. The number of benzene rings is 1. The maximum Gasteiger partial charge on any atom is 0.272 e. The van der Waals surface area contributed by atoms with Gasteiger partial charge in [-0.1, -0.05) is 48.2 Å². The first-order chi connectivity index (χ1) is 14.0. The van der Waals surface area contributed by atoms with Gasteiger partial charge in [0.15, 0.2) is 5.16 Å². The van der Waals surface area contributed by atoms with E-state index in [9.17, 15) is 9.59 Å². The van der Waals surface area contributed by atoms with E-state index in [0.29, 0.717) is 22.8 Å². The fourth-order valence-corrected chi connectivity index (χ4v) is 4.96. The minimum absolute atomic E-state index is 0.0210. The number of rotatable bonds is 9. The van der Waals surface area contributed by atoms with Crippen molar-refractivity contribution >= 4 is 39.2 Å². The highest BCUT2D eigenvalue weighted by molar-refractivity contribution is 7.99. The third-order valence-corrected chi connectivity index (χ3v) is 6.71. The number of thiophene rings is 1. The number of carbonyl (C=O) groups excluding carboxylic acids is 1. The molecule has 0 fully saturated rings. The highest BCUT2D eigenvalue weighted by Crippen LogP contribution is 2.32. The SMILES string of the molecule is C=CCn1c(SCCCCC(=O)N(C)C)nc2cc(-c3ccccc3)sc2c1=O. The molecule has 0 aliphatic rings. The van der Waals surface area contributed by atoms with Crippen molar-refractivity contribution in [2.24, 2.45) is 0 Å². The average molecular weight is 428 g/mol. The van der Waals surface area contributed by atoms with Gasteiger partial charge < -0.3 is 4.90 Å². The predicted octanol–water partition coefficient (Wildman–Crippen LogP) is 4.66. The number of amides is 1. The van der Waals surface area contributed by atoms with Gasteiger partial charge in [0.05, 0.1) is 5.52 Å². The predicted molar refractivity (Wildman–Crippen MR) is 123 cm³/mol. The van der Waals surface area contributed by atoms with Gasteiger partial charge in [-0.05, 0) is 24.5 Å². The Hall–Kier alpha value is -2.38. The number of fused-ring (bicyclic) bond motifs is 1. The van der Waals surface area contributed by atoms with Gasteiger partial charge in [0.1, 0.15) is 4.70 Å². The molecule has 0 atom stereocenters. The maximum atomic E-state index is 13.1. The molecule has 152 valence electrons. The summed E-state index contributed by atoms with van der Waals surface area (Å²) in [5.41, 5.74) is 1.81. The van der Waals surface area contributed by atoms with Crippen LogP contribution in [0.3, 0.4) is 0 Å². The van der Waals surface area contributed by atoms with E-state index in [4.69, 9.17) is 4.98 Å². The fourth-order valence-electron chi connectivity index (χ4n) is 2.90. The second-order valence-electron chi connectivity index (χ2n) is 6.88. The van der Waals surface area contributed by atoms with Crippen LogP contribution in [0.15, 0.2) is 59.0 Å². The smallest absolute Gasteiger partial charge is 0.272 e. The molecule has 3 rings (SSSR count). The normalized spacial score (nSPS) is 11.0. The van der Waals surface area contributed by atoms with Gasteiger partial charge in [-0.2, -0.15) is 0 Å². The number of thioether (sulfide) groups is 1. The molecule has 29 heavy (non-hydrogen) atoms. The fraction of sp³-hybridized carbons (Fsp3) is 0.318. The highest BCUT2D eigenvalue weighted by Gasteiger charge is 2.15. The molecule has 0 unspecified atom stereocenters. The molecular formula is C22H25N3O2S2. The molecule has 0 bridgehead atoms. The quantitative estimate of drug-likeness (QED) is 0.216. The summed E-state index contributed by atoms with van der Waals surface area (Å²) in [6.07, 6.45) is 3.99. The van der Waals surface area contributed by atoms with Crippen molar-refractivity contribution in [2.75, 3.05) is 19.8 Å². The molecule has 0 aliphatic heterocycles. The Kier molecular flexibility index (Phi) is 7.28. The molecule has 5 nitrogen and oxygen atoms in total. The monoisotopic (exact) mass is 427 g/mol. The van der Waals surface area contributed by atoms with Gasteiger partial charge in [0.25, 0.3) is 5.56 Å². The lowest BCUT2D eigenvalue weighted by Crippen LogP contribution is -2.22. The molecule has 1 amide bonds. The molecule has 1 aromatic carbocycles. The third kappa shape index (κ3) is 5.16. The number of unbranched alkanes of at least 4 members (excludes halogenated alkanes) is 1. The summed E-state index contributed by atoms with van der Waals surface area (Å²) in [4.78, 5) is 32.2. The third-order valence-electron chi connectivity index (χ3n) is 4.48. The Labute approximate surface area is 179 Å². The number of hydrogen-bond donors (Lipinski definition) is 0. The Morgan fingerprint density at radius 1 is 1.28 bits per heavy atom. The molecule has 0 saturated carbocycles. The van der Waals surface area contributed by atoms with Gasteiger partial charge in [0, 0.05) is 37.7 Å². The lowest BCUT2D eigenvalue weighted by Gasteiger charge is -2.11. The molecule has 3 aromatic rings. The minimum atomic E-state index is -0.0210. The zero-order valence-corrected chi connectivity index (χ0v) is 18.4. The topological polar surface area (TPSA) is 55.2 Å². The van der Waals surface area contributed by atoms with Gasteiger partial charge in [0.2, 0.25) is 5.91 Å². The molecule has 7 heteroatoms. The first kappa shape index (κ1) is 21.3. The summed E-state index contributed by atoms with van der Waals surface area (Å²) in [5, 5.41) is 0.707. The van der Waals surface area contributed by atoms with Crippen LogP contribution in [0.5, 0.6) is 0 Å². The van der Waals surface area contributed by atoms with E-state index >= 15 is 0 Å². The molecular weight excluding hydrogens is 402 g/mol. The van der Waals surface area contributed by atoms with Crippen LogP contribution in [-0.4, -0.2) is 40.2 Å². The molecule has 0 N–H and O–H groups in total. The van der Waals surface area contributed by atoms with Crippen LogP contribution >= 0.6 is 23.1 Å². The van der Waals surface area contributed by atoms with Crippen LogP contribution < -0.4 is 5.56 Å². The van der Waals surface area contributed by atoms with E-state index in [1.807, 2.05) is 36.4 Å². The van der Waals surface area contributed by atoms with E-state index in [2.05, 4.69) is 6.58 Å². The van der Waals surface area contributed by atoms with Crippen molar-refractivity contribution in [1.29, 1.82) is 0 Å². The standard InChI is InChI=1S/C22H25N3O2S2/c1-4-13-25-21(27)20-17(15-18(29-20)16-10-6-5-7-11-16)23-22(25)28-14-9-8-12-19(26)24(2)3/h4-7,10-11,15H,1,8-9,12-14H2,2-3H3. The second-order valence-corrected chi connectivity index (χ2v) is 9.00. The van der Waals surface area contributed by atoms with E-state index < -0.39 is 0 Å². The average Bonchev–Trinajstić information content (AvgIpc) is 3.15. The number of hydrogen-bond acceptors (Lipinski definition) is 5. The van der Waals surface area contributed by atoms with Gasteiger partial charge >= 0.3 is 0 Å². The van der Waals surface area contributed by atoms with Gasteiger partial charge in [-0.25, -0.2) is 4.98 Å². The summed E-state index contributed by atoms with van der Waals surface area (Å²) < 4.78 is 2.36. The van der Waals surface area contributed by atoms with Crippen LogP contribution in [0.1, 0.15) is 19.3 Å². The summed E-state index contributed by atoms with van der Waals surface area (Å²) in [6.45, 7) is 4.21. The Morgan fingerprint density at radius 3 is 2.72 bits per heavy atom. The molecule has 0 radical (unpaired) electrons. The van der Waals surface area contributed by atoms with Crippen LogP contribution in [-0.2, 0) is 11.3 Å². The van der Waals surface area contributed by atoms with Crippen molar-refractivity contribution in [3.63, 3.8) is 0 Å². The first-order valence-electron chi connectivity index (χ1n) is 9.55. The zero-order chi connectivity index (χ0) is 20.8. The van der Waals surface area contributed by atoms with Crippen LogP contribution in [0.25, 0.3) is 20.7 Å². The Balaban J connectivity index is 1.80. The second kappa shape index (κ2) is 9.89. The number of carbonyl (C=O) groups is 1. The van der Waals surface area contributed by atoms with E-state index in [-0.39, 0.29) is 11.5 Å². The summed E-state index contributed by atoms with van der Waals surface area (Å²) in [6, 6.07) is 12.0. The molecule has 0 spiro atoms.